The van der Waals surface area contributed by atoms with Crippen molar-refractivity contribution in [1.29, 1.82) is 0 Å². The normalized spacial score (nSPS) is 11.6. The molecule has 1 heterocycles. The molecule has 0 radical (unpaired) electrons. The number of alkyl halides is 3. The zero-order valence-electron chi connectivity index (χ0n) is 5.06. The van der Waals surface area contributed by atoms with Crippen molar-refractivity contribution in [3.05, 3.63) is 22.4 Å². The first kappa shape index (κ1) is 8.45. The van der Waals surface area contributed by atoms with Crippen LogP contribution < -0.4 is 0 Å². The number of nitrogens with zero attached hydrogens (tertiary/aromatic N) is 2. The molecule has 0 spiro atoms. The molecule has 1 rings (SSSR count). The van der Waals surface area contributed by atoms with E-state index >= 15 is 0 Å². The number of rotatable bonds is 0. The summed E-state index contributed by atoms with van der Waals surface area (Å²) in [6, 6.07) is 0.858. The lowest BCUT2D eigenvalue weighted by atomic mass is 10.3. The Kier molecular flexibility index (Phi) is 2.12. The second kappa shape index (κ2) is 2.77. The third-order valence-electron chi connectivity index (χ3n) is 0.981. The van der Waals surface area contributed by atoms with Crippen LogP contribution in [-0.2, 0) is 6.18 Å². The van der Waals surface area contributed by atoms with E-state index in [4.69, 9.17) is 0 Å². The highest BCUT2D eigenvalue weighted by Crippen LogP contribution is 2.32. The largest absolute Gasteiger partial charge is 0.419 e. The first-order valence-electron chi connectivity index (χ1n) is 2.56. The summed E-state index contributed by atoms with van der Waals surface area (Å²) in [5.74, 6) is 0. The molecule has 11 heavy (non-hydrogen) atoms. The molecule has 1 aromatic rings. The zero-order valence-corrected chi connectivity index (χ0v) is 6.65. The highest BCUT2D eigenvalue weighted by atomic mass is 79.9. The minimum absolute atomic E-state index is 0.285. The monoisotopic (exact) mass is 226 g/mol. The fraction of sp³-hybridized carbons (Fsp3) is 0.200. The summed E-state index contributed by atoms with van der Waals surface area (Å²) in [7, 11) is 0. The summed E-state index contributed by atoms with van der Waals surface area (Å²) < 4.78 is 35.6. The lowest BCUT2D eigenvalue weighted by Gasteiger charge is -2.05. The zero-order chi connectivity index (χ0) is 8.48. The number of halogens is 4. The molecule has 0 aliphatic rings. The molecule has 0 saturated heterocycles. The maximum atomic E-state index is 12.0. The third kappa shape index (κ3) is 1.89. The van der Waals surface area contributed by atoms with Gasteiger partial charge in [-0.2, -0.15) is 18.3 Å². The van der Waals surface area contributed by atoms with Crippen LogP contribution in [0.5, 0.6) is 0 Å². The minimum Gasteiger partial charge on any atom is -0.166 e. The Hall–Kier alpha value is -0.650. The molecule has 0 atom stereocenters. The summed E-state index contributed by atoms with van der Waals surface area (Å²) >= 11 is 2.64. The van der Waals surface area contributed by atoms with Gasteiger partial charge in [-0.25, -0.2) is 0 Å². The van der Waals surface area contributed by atoms with Gasteiger partial charge in [-0.3, -0.25) is 0 Å². The summed E-state index contributed by atoms with van der Waals surface area (Å²) in [5.41, 5.74) is -0.813. The van der Waals surface area contributed by atoms with Gasteiger partial charge < -0.3 is 0 Å². The van der Waals surface area contributed by atoms with Crippen LogP contribution in [0.2, 0.25) is 0 Å². The number of aromatic nitrogens is 2. The van der Waals surface area contributed by atoms with E-state index in [1.165, 1.54) is 0 Å². The van der Waals surface area contributed by atoms with Crippen LogP contribution in [0.4, 0.5) is 13.2 Å². The standard InChI is InChI=1S/C5H2BrF3N2/c6-4-3(5(7,8)9)1-2-10-11-4/h1-2H. The van der Waals surface area contributed by atoms with Gasteiger partial charge in [0.05, 0.1) is 11.8 Å². The molecule has 0 aromatic carbocycles. The molecular weight excluding hydrogens is 225 g/mol. The maximum absolute atomic E-state index is 12.0. The van der Waals surface area contributed by atoms with Crippen molar-refractivity contribution in [3.8, 4) is 0 Å². The van der Waals surface area contributed by atoms with Gasteiger partial charge in [0.1, 0.15) is 4.60 Å². The fourth-order valence-electron chi connectivity index (χ4n) is 0.526. The number of hydrogen-bond acceptors (Lipinski definition) is 2. The Balaban J connectivity index is 3.14. The van der Waals surface area contributed by atoms with Crippen LogP contribution in [-0.4, -0.2) is 10.2 Å². The molecular formula is C5H2BrF3N2. The summed E-state index contributed by atoms with van der Waals surface area (Å²) in [5, 5.41) is 6.45. The topological polar surface area (TPSA) is 25.8 Å². The van der Waals surface area contributed by atoms with Crippen molar-refractivity contribution in [3.63, 3.8) is 0 Å². The average Bonchev–Trinajstić information content (AvgIpc) is 1.86. The predicted molar refractivity (Wildman–Crippen MR) is 34.7 cm³/mol. The average molecular weight is 227 g/mol. The van der Waals surface area contributed by atoms with Crippen LogP contribution >= 0.6 is 15.9 Å². The van der Waals surface area contributed by atoms with E-state index in [0.29, 0.717) is 0 Å². The predicted octanol–water partition coefficient (Wildman–Crippen LogP) is 2.26. The molecule has 0 fully saturated rings. The molecule has 0 saturated carbocycles. The third-order valence-corrected chi connectivity index (χ3v) is 1.57. The van der Waals surface area contributed by atoms with Crippen molar-refractivity contribution in [1.82, 2.24) is 10.2 Å². The SMILES string of the molecule is FC(F)(F)c1ccnnc1Br. The fourth-order valence-corrected chi connectivity index (χ4v) is 0.975. The van der Waals surface area contributed by atoms with E-state index in [1.54, 1.807) is 0 Å². The summed E-state index contributed by atoms with van der Waals surface area (Å²) in [6.45, 7) is 0. The van der Waals surface area contributed by atoms with Gasteiger partial charge in [0, 0.05) is 0 Å². The van der Waals surface area contributed by atoms with Crippen molar-refractivity contribution in [2.75, 3.05) is 0 Å². The highest BCUT2D eigenvalue weighted by molar-refractivity contribution is 9.10. The van der Waals surface area contributed by atoms with Gasteiger partial charge >= 0.3 is 6.18 Å². The van der Waals surface area contributed by atoms with E-state index < -0.39 is 11.7 Å². The van der Waals surface area contributed by atoms with E-state index in [1.807, 2.05) is 0 Å². The first-order chi connectivity index (χ1) is 5.02. The summed E-state index contributed by atoms with van der Waals surface area (Å²) in [6.07, 6.45) is -3.37. The van der Waals surface area contributed by atoms with Crippen molar-refractivity contribution in [2.24, 2.45) is 0 Å². The molecule has 0 aliphatic carbocycles. The van der Waals surface area contributed by atoms with Crippen LogP contribution in [0.25, 0.3) is 0 Å². The van der Waals surface area contributed by atoms with Crippen molar-refractivity contribution >= 4 is 15.9 Å². The maximum Gasteiger partial charge on any atom is 0.419 e. The number of hydrogen-bond donors (Lipinski definition) is 0. The second-order valence-corrected chi connectivity index (χ2v) is 2.48. The summed E-state index contributed by atoms with van der Waals surface area (Å²) in [4.78, 5) is 0. The first-order valence-corrected chi connectivity index (χ1v) is 3.35. The molecule has 0 bridgehead atoms. The lowest BCUT2D eigenvalue weighted by Crippen LogP contribution is -2.07. The van der Waals surface area contributed by atoms with Crippen molar-refractivity contribution in [2.45, 2.75) is 6.18 Å². The van der Waals surface area contributed by atoms with E-state index in [9.17, 15) is 13.2 Å². The van der Waals surface area contributed by atoms with Gasteiger partial charge in [-0.15, -0.1) is 5.10 Å². The molecule has 0 N–H and O–H groups in total. The Bertz CT molecular complexity index is 260. The van der Waals surface area contributed by atoms with Crippen LogP contribution in [0.15, 0.2) is 16.9 Å². The van der Waals surface area contributed by atoms with Gasteiger partial charge in [0.25, 0.3) is 0 Å². The second-order valence-electron chi connectivity index (χ2n) is 1.73. The Morgan fingerprint density at radius 2 is 2.00 bits per heavy atom. The lowest BCUT2D eigenvalue weighted by molar-refractivity contribution is -0.138. The Labute approximate surface area is 68.6 Å². The van der Waals surface area contributed by atoms with Gasteiger partial charge in [0.15, 0.2) is 0 Å². The minimum atomic E-state index is -4.37. The molecule has 6 heteroatoms. The van der Waals surface area contributed by atoms with Crippen LogP contribution in [0.3, 0.4) is 0 Å². The molecule has 0 unspecified atom stereocenters. The quantitative estimate of drug-likeness (QED) is 0.679. The van der Waals surface area contributed by atoms with Gasteiger partial charge in [-0.05, 0) is 22.0 Å². The van der Waals surface area contributed by atoms with Gasteiger partial charge in [-0.1, -0.05) is 0 Å². The Morgan fingerprint density at radius 1 is 1.36 bits per heavy atom. The molecule has 60 valence electrons. The molecule has 1 aromatic heterocycles. The Morgan fingerprint density at radius 3 is 2.36 bits per heavy atom. The van der Waals surface area contributed by atoms with Crippen LogP contribution in [0.1, 0.15) is 5.56 Å². The van der Waals surface area contributed by atoms with Crippen LogP contribution in [0, 0.1) is 0 Å². The molecule has 0 aliphatic heterocycles. The van der Waals surface area contributed by atoms with Crippen molar-refractivity contribution < 1.29 is 13.2 Å². The van der Waals surface area contributed by atoms with E-state index in [-0.39, 0.29) is 4.60 Å². The van der Waals surface area contributed by atoms with E-state index in [0.717, 1.165) is 12.3 Å². The molecule has 2 nitrogen and oxygen atoms in total. The van der Waals surface area contributed by atoms with Gasteiger partial charge in [0.2, 0.25) is 0 Å². The van der Waals surface area contributed by atoms with E-state index in [2.05, 4.69) is 26.1 Å². The molecule has 0 amide bonds. The smallest absolute Gasteiger partial charge is 0.166 e. The highest BCUT2D eigenvalue weighted by Gasteiger charge is 2.33.